The Morgan fingerprint density at radius 1 is 0.971 bits per heavy atom. The van der Waals surface area contributed by atoms with Crippen molar-refractivity contribution >= 4 is 40.5 Å². The van der Waals surface area contributed by atoms with Gasteiger partial charge < -0.3 is 19.5 Å². The van der Waals surface area contributed by atoms with Crippen LogP contribution in [0.3, 0.4) is 0 Å². The minimum absolute atomic E-state index is 0.134. The fraction of sp³-hybridized carbons (Fsp3) is 0.185. The maximum Gasteiger partial charge on any atom is 0.174 e. The molecule has 2 atom stereocenters. The fourth-order valence-electron chi connectivity index (χ4n) is 4.10. The van der Waals surface area contributed by atoms with Crippen LogP contribution >= 0.6 is 24.0 Å². The van der Waals surface area contributed by atoms with Gasteiger partial charge in [-0.3, -0.25) is 4.98 Å². The molecule has 34 heavy (non-hydrogen) atoms. The molecule has 0 spiro atoms. The summed E-state index contributed by atoms with van der Waals surface area (Å²) in [5.74, 6) is 0.842. The van der Waals surface area contributed by atoms with Crippen molar-refractivity contribution in [3.05, 3.63) is 102 Å². The Balaban J connectivity index is 1.51. The van der Waals surface area contributed by atoms with Gasteiger partial charge in [0.2, 0.25) is 0 Å². The van der Waals surface area contributed by atoms with E-state index in [4.69, 9.17) is 16.6 Å². The topological polar surface area (TPSA) is 44.5 Å². The molecular formula is C27H26N4OS2. The Labute approximate surface area is 209 Å². The van der Waals surface area contributed by atoms with Crippen molar-refractivity contribution in [3.8, 4) is 0 Å². The Hall–Kier alpha value is -3.29. The van der Waals surface area contributed by atoms with E-state index >= 15 is 0 Å². The molecule has 7 heteroatoms. The number of nitrogens with zero attached hydrogens (tertiary/aromatic N) is 3. The third-order valence-corrected chi connectivity index (χ3v) is 7.12. The van der Waals surface area contributed by atoms with Gasteiger partial charge in [-0.05, 0) is 79.8 Å². The van der Waals surface area contributed by atoms with Crippen molar-refractivity contribution in [1.82, 2.24) is 10.3 Å². The van der Waals surface area contributed by atoms with Crippen molar-refractivity contribution < 1.29 is 4.42 Å². The number of aryl methyl sites for hydroxylation is 1. The first-order valence-electron chi connectivity index (χ1n) is 11.1. The summed E-state index contributed by atoms with van der Waals surface area (Å²) in [6, 6.07) is 26.6. The summed E-state index contributed by atoms with van der Waals surface area (Å²) in [6.45, 7) is 2.09. The van der Waals surface area contributed by atoms with E-state index in [2.05, 4.69) is 75.6 Å². The molecule has 4 aromatic rings. The molecular weight excluding hydrogens is 460 g/mol. The number of nitrogens with one attached hydrogen (secondary N) is 1. The smallest absolute Gasteiger partial charge is 0.174 e. The average Bonchev–Trinajstić information content (AvgIpc) is 3.45. The number of rotatable bonds is 6. The van der Waals surface area contributed by atoms with E-state index in [-0.39, 0.29) is 12.1 Å². The molecule has 1 aliphatic rings. The predicted octanol–water partition coefficient (Wildman–Crippen LogP) is 6.38. The number of furan rings is 1. The first-order valence-corrected chi connectivity index (χ1v) is 12.3. The fourth-order valence-corrected chi connectivity index (χ4v) is 5.23. The third-order valence-electron chi connectivity index (χ3n) is 5.88. The van der Waals surface area contributed by atoms with Crippen molar-refractivity contribution in [2.24, 2.45) is 0 Å². The second-order valence-corrected chi connectivity index (χ2v) is 9.94. The molecule has 1 saturated heterocycles. The number of benzene rings is 2. The van der Waals surface area contributed by atoms with E-state index in [9.17, 15) is 0 Å². The summed E-state index contributed by atoms with van der Waals surface area (Å²) >= 11 is 7.43. The Morgan fingerprint density at radius 2 is 1.74 bits per heavy atom. The number of pyridine rings is 1. The molecule has 0 saturated carbocycles. The van der Waals surface area contributed by atoms with Gasteiger partial charge in [0.15, 0.2) is 10.2 Å². The Morgan fingerprint density at radius 3 is 2.41 bits per heavy atom. The Kier molecular flexibility index (Phi) is 6.30. The van der Waals surface area contributed by atoms with Crippen molar-refractivity contribution in [3.63, 3.8) is 0 Å². The normalized spacial score (nSPS) is 17.6. The summed E-state index contributed by atoms with van der Waals surface area (Å²) in [6.07, 6.45) is 1.81. The zero-order chi connectivity index (χ0) is 23.7. The van der Waals surface area contributed by atoms with Crippen molar-refractivity contribution in [1.29, 1.82) is 0 Å². The van der Waals surface area contributed by atoms with Gasteiger partial charge in [-0.15, -0.1) is 0 Å². The average molecular weight is 487 g/mol. The molecule has 0 radical (unpaired) electrons. The van der Waals surface area contributed by atoms with E-state index in [1.165, 1.54) is 5.56 Å². The second kappa shape index (κ2) is 9.52. The van der Waals surface area contributed by atoms with Crippen LogP contribution in [-0.2, 0) is 0 Å². The van der Waals surface area contributed by atoms with Crippen LogP contribution in [-0.4, -0.2) is 24.2 Å². The summed E-state index contributed by atoms with van der Waals surface area (Å²) < 4.78 is 6.40. The molecule has 0 aliphatic carbocycles. The van der Waals surface area contributed by atoms with Gasteiger partial charge in [0.25, 0.3) is 0 Å². The van der Waals surface area contributed by atoms with E-state index in [0.29, 0.717) is 5.11 Å². The lowest BCUT2D eigenvalue weighted by Gasteiger charge is -2.26. The van der Waals surface area contributed by atoms with Crippen molar-refractivity contribution in [2.45, 2.75) is 29.0 Å². The summed E-state index contributed by atoms with van der Waals surface area (Å²) in [5.41, 5.74) is 4.31. The molecule has 1 fully saturated rings. The number of hydrogen-bond donors (Lipinski definition) is 1. The lowest BCUT2D eigenvalue weighted by molar-refractivity contribution is 0.383. The first-order chi connectivity index (χ1) is 16.5. The van der Waals surface area contributed by atoms with Gasteiger partial charge in [0, 0.05) is 36.6 Å². The van der Waals surface area contributed by atoms with Gasteiger partial charge in [-0.2, -0.15) is 0 Å². The highest BCUT2D eigenvalue weighted by atomic mass is 32.2. The number of thiocarbonyl (C=S) groups is 1. The molecule has 2 aromatic heterocycles. The zero-order valence-corrected chi connectivity index (χ0v) is 20.9. The van der Waals surface area contributed by atoms with Gasteiger partial charge in [0.1, 0.15) is 11.8 Å². The number of anilines is 2. The van der Waals surface area contributed by atoms with Gasteiger partial charge in [-0.25, -0.2) is 0 Å². The third kappa shape index (κ3) is 4.54. The molecule has 3 heterocycles. The van der Waals surface area contributed by atoms with Crippen LogP contribution in [0.1, 0.15) is 29.1 Å². The number of aromatic nitrogens is 1. The minimum Gasteiger partial charge on any atom is -0.452 e. The molecule has 5 nitrogen and oxygen atoms in total. The minimum atomic E-state index is -0.167. The van der Waals surface area contributed by atoms with Crippen molar-refractivity contribution in [2.75, 3.05) is 23.9 Å². The molecule has 5 rings (SSSR count). The molecule has 1 aliphatic heterocycles. The highest BCUT2D eigenvalue weighted by Gasteiger charge is 2.42. The monoisotopic (exact) mass is 486 g/mol. The lowest BCUT2D eigenvalue weighted by Crippen LogP contribution is -2.29. The molecule has 0 unspecified atom stereocenters. The highest BCUT2D eigenvalue weighted by molar-refractivity contribution is 7.99. The van der Waals surface area contributed by atoms with Crippen LogP contribution in [0, 0.1) is 6.92 Å². The molecule has 2 aromatic carbocycles. The summed E-state index contributed by atoms with van der Waals surface area (Å²) in [4.78, 5) is 9.97. The van der Waals surface area contributed by atoms with Crippen LogP contribution in [0.2, 0.25) is 0 Å². The van der Waals surface area contributed by atoms with Gasteiger partial charge >= 0.3 is 0 Å². The van der Waals surface area contributed by atoms with Gasteiger partial charge in [-0.1, -0.05) is 35.5 Å². The summed E-state index contributed by atoms with van der Waals surface area (Å²) in [5, 5.41) is 4.99. The van der Waals surface area contributed by atoms with Crippen LogP contribution in [0.25, 0.3) is 0 Å². The first kappa shape index (κ1) is 22.5. The van der Waals surface area contributed by atoms with Crippen LogP contribution in [0.15, 0.2) is 99.5 Å². The van der Waals surface area contributed by atoms with Crippen LogP contribution < -0.4 is 15.1 Å². The van der Waals surface area contributed by atoms with E-state index in [1.807, 2.05) is 50.6 Å². The lowest BCUT2D eigenvalue weighted by atomic mass is 10.0. The van der Waals surface area contributed by atoms with Gasteiger partial charge in [0.05, 0.1) is 11.7 Å². The predicted molar refractivity (Wildman–Crippen MR) is 143 cm³/mol. The van der Waals surface area contributed by atoms with E-state index in [1.54, 1.807) is 11.8 Å². The highest BCUT2D eigenvalue weighted by Crippen LogP contribution is 2.43. The molecule has 1 N–H and O–H groups in total. The SMILES string of the molecule is Cc1ccc(Sc2ccc([C@H]3[C@H](c4ccccn4)NC(=S)N3c3ccc(N(C)C)cc3)o2)cc1. The maximum atomic E-state index is 6.40. The van der Waals surface area contributed by atoms with E-state index in [0.717, 1.165) is 32.8 Å². The summed E-state index contributed by atoms with van der Waals surface area (Å²) in [7, 11) is 4.07. The molecule has 0 amide bonds. The molecule has 0 bridgehead atoms. The quantitative estimate of drug-likeness (QED) is 0.317. The zero-order valence-electron chi connectivity index (χ0n) is 19.3. The van der Waals surface area contributed by atoms with Crippen LogP contribution in [0.4, 0.5) is 11.4 Å². The second-order valence-electron chi connectivity index (χ2n) is 8.48. The number of hydrogen-bond acceptors (Lipinski definition) is 5. The maximum absolute atomic E-state index is 6.40. The Bertz CT molecular complexity index is 1270. The van der Waals surface area contributed by atoms with E-state index < -0.39 is 0 Å². The largest absolute Gasteiger partial charge is 0.452 e. The van der Waals surface area contributed by atoms with Crippen LogP contribution in [0.5, 0.6) is 0 Å². The standard InChI is InChI=1S/C27H26N4OS2/c1-18-7-13-21(14-8-18)34-24-16-15-23(32-24)26-25(22-6-4-5-17-28-22)29-27(33)31(26)20-11-9-19(10-12-20)30(2)3/h4-17,25-26H,1-3H3,(H,29,33)/t25-,26-/m0/s1. The molecule has 172 valence electrons.